The molecule has 1 amide bonds. The summed E-state index contributed by atoms with van der Waals surface area (Å²) in [5.74, 6) is 0.0196. The van der Waals surface area contributed by atoms with Gasteiger partial charge in [0, 0.05) is 44.0 Å². The number of nitro benzene ring substituents is 1. The molecule has 1 aromatic carbocycles. The Balaban J connectivity index is 2.02. The van der Waals surface area contributed by atoms with Crippen LogP contribution in [0.1, 0.15) is 6.92 Å². The van der Waals surface area contributed by atoms with Gasteiger partial charge in [-0.1, -0.05) is 12.1 Å². The number of carbonyl (C=O) groups excluding carboxylic acids is 1. The number of hydrogen-bond donors (Lipinski definition) is 0. The lowest BCUT2D eigenvalue weighted by atomic mass is 10.2. The highest BCUT2D eigenvalue weighted by atomic mass is 16.6. The molecule has 0 bridgehead atoms. The largest absolute Gasteiger partial charge is 0.368 e. The van der Waals surface area contributed by atoms with E-state index < -0.39 is 4.92 Å². The molecular weight excluding hydrogens is 258 g/mol. The second kappa shape index (κ2) is 6.18. The van der Waals surface area contributed by atoms with Crippen LogP contribution in [0.25, 0.3) is 0 Å². The Labute approximate surface area is 117 Å². The quantitative estimate of drug-likeness (QED) is 0.479. The van der Waals surface area contributed by atoms with E-state index in [-0.39, 0.29) is 11.6 Å². The van der Waals surface area contributed by atoms with Crippen LogP contribution in [0.2, 0.25) is 0 Å². The van der Waals surface area contributed by atoms with E-state index >= 15 is 0 Å². The normalized spacial score (nSPS) is 15.7. The molecule has 0 radical (unpaired) electrons. The van der Waals surface area contributed by atoms with E-state index in [1.807, 2.05) is 13.0 Å². The van der Waals surface area contributed by atoms with Gasteiger partial charge in [0.1, 0.15) is 0 Å². The fourth-order valence-corrected chi connectivity index (χ4v) is 2.24. The molecule has 0 saturated carbocycles. The number of piperazine rings is 1. The summed E-state index contributed by atoms with van der Waals surface area (Å²) in [6.45, 7) is 4.45. The highest BCUT2D eigenvalue weighted by molar-refractivity contribution is 5.87. The number of allylic oxidation sites excluding steroid dienone is 1. The van der Waals surface area contributed by atoms with Gasteiger partial charge in [0.2, 0.25) is 5.91 Å². The molecule has 0 aliphatic carbocycles. The second-order valence-corrected chi connectivity index (χ2v) is 4.59. The summed E-state index contributed by atoms with van der Waals surface area (Å²) in [4.78, 5) is 25.9. The van der Waals surface area contributed by atoms with Gasteiger partial charge < -0.3 is 9.80 Å². The summed E-state index contributed by atoms with van der Waals surface area (Å²) >= 11 is 0. The van der Waals surface area contributed by atoms with Crippen molar-refractivity contribution in [3.8, 4) is 0 Å². The minimum atomic E-state index is -0.394. The molecular formula is C14H17N3O3. The molecule has 106 valence electrons. The molecule has 6 heteroatoms. The van der Waals surface area contributed by atoms with Crippen molar-refractivity contribution in [1.82, 2.24) is 4.90 Å². The molecule has 0 spiro atoms. The van der Waals surface area contributed by atoms with E-state index in [1.54, 1.807) is 29.2 Å². The number of rotatable bonds is 3. The van der Waals surface area contributed by atoms with E-state index in [9.17, 15) is 14.9 Å². The lowest BCUT2D eigenvalue weighted by molar-refractivity contribution is -0.384. The van der Waals surface area contributed by atoms with Crippen LogP contribution < -0.4 is 4.90 Å². The monoisotopic (exact) mass is 275 g/mol. The maximum absolute atomic E-state index is 11.7. The average molecular weight is 275 g/mol. The van der Waals surface area contributed by atoms with Gasteiger partial charge in [-0.25, -0.2) is 0 Å². The maximum Gasteiger partial charge on any atom is 0.271 e. The van der Waals surface area contributed by atoms with Crippen molar-refractivity contribution in [3.05, 3.63) is 46.5 Å². The molecule has 6 nitrogen and oxygen atoms in total. The molecule has 20 heavy (non-hydrogen) atoms. The van der Waals surface area contributed by atoms with E-state index in [0.29, 0.717) is 26.2 Å². The summed E-state index contributed by atoms with van der Waals surface area (Å²) in [6, 6.07) is 6.60. The Morgan fingerprint density at radius 3 is 2.60 bits per heavy atom. The first-order valence-electron chi connectivity index (χ1n) is 6.53. The van der Waals surface area contributed by atoms with Crippen LogP contribution in [-0.4, -0.2) is 41.9 Å². The fraction of sp³-hybridized carbons (Fsp3) is 0.357. The first-order chi connectivity index (χ1) is 9.61. The molecule has 0 N–H and O–H groups in total. The molecule has 1 saturated heterocycles. The van der Waals surface area contributed by atoms with E-state index in [1.165, 1.54) is 6.07 Å². The minimum absolute atomic E-state index is 0.0196. The maximum atomic E-state index is 11.7. The number of nitrogens with zero attached hydrogens (tertiary/aromatic N) is 3. The third-order valence-corrected chi connectivity index (χ3v) is 3.31. The molecule has 0 aromatic heterocycles. The number of anilines is 1. The van der Waals surface area contributed by atoms with Crippen LogP contribution in [0, 0.1) is 10.1 Å². The lowest BCUT2D eigenvalue weighted by Crippen LogP contribution is -2.48. The van der Waals surface area contributed by atoms with E-state index in [0.717, 1.165) is 5.69 Å². The van der Waals surface area contributed by atoms with Crippen molar-refractivity contribution >= 4 is 17.3 Å². The van der Waals surface area contributed by atoms with Crippen molar-refractivity contribution in [2.45, 2.75) is 6.92 Å². The topological polar surface area (TPSA) is 66.7 Å². The predicted octanol–water partition coefficient (Wildman–Crippen LogP) is 1.82. The van der Waals surface area contributed by atoms with Crippen molar-refractivity contribution in [2.24, 2.45) is 0 Å². The smallest absolute Gasteiger partial charge is 0.271 e. The second-order valence-electron chi connectivity index (χ2n) is 4.59. The zero-order valence-electron chi connectivity index (χ0n) is 11.4. The number of non-ortho nitro benzene ring substituents is 1. The Morgan fingerprint density at radius 2 is 2.00 bits per heavy atom. The Morgan fingerprint density at radius 1 is 1.30 bits per heavy atom. The molecule has 0 unspecified atom stereocenters. The lowest BCUT2D eigenvalue weighted by Gasteiger charge is -2.35. The van der Waals surface area contributed by atoms with Crippen molar-refractivity contribution < 1.29 is 9.72 Å². The molecule has 1 aromatic rings. The highest BCUT2D eigenvalue weighted by Crippen LogP contribution is 2.22. The van der Waals surface area contributed by atoms with Crippen molar-refractivity contribution in [3.63, 3.8) is 0 Å². The zero-order chi connectivity index (χ0) is 14.5. The van der Waals surface area contributed by atoms with Crippen LogP contribution in [-0.2, 0) is 4.79 Å². The number of amides is 1. The Kier molecular flexibility index (Phi) is 4.34. The third kappa shape index (κ3) is 3.14. The van der Waals surface area contributed by atoms with Crippen LogP contribution in [0.4, 0.5) is 11.4 Å². The van der Waals surface area contributed by atoms with Crippen LogP contribution in [0.15, 0.2) is 36.4 Å². The standard InChI is InChI=1S/C14H17N3O3/c1-2-4-14(18)16-9-7-15(8-10-16)12-5-3-6-13(11-12)17(19)20/h2-6,11H,7-10H2,1H3/b4-2+. The van der Waals surface area contributed by atoms with Gasteiger partial charge in [-0.2, -0.15) is 0 Å². The number of carbonyl (C=O) groups is 1. The average Bonchev–Trinajstić information content (AvgIpc) is 2.48. The van der Waals surface area contributed by atoms with Gasteiger partial charge in [0.15, 0.2) is 0 Å². The molecule has 1 heterocycles. The summed E-state index contributed by atoms with van der Waals surface area (Å²) in [6.07, 6.45) is 3.29. The van der Waals surface area contributed by atoms with Gasteiger partial charge in [0.25, 0.3) is 5.69 Å². The summed E-state index contributed by atoms with van der Waals surface area (Å²) in [5, 5.41) is 10.8. The van der Waals surface area contributed by atoms with Gasteiger partial charge in [-0.15, -0.1) is 0 Å². The van der Waals surface area contributed by atoms with Crippen LogP contribution in [0.5, 0.6) is 0 Å². The number of hydrogen-bond acceptors (Lipinski definition) is 4. The summed E-state index contributed by atoms with van der Waals surface area (Å²) < 4.78 is 0. The van der Waals surface area contributed by atoms with Gasteiger partial charge >= 0.3 is 0 Å². The first kappa shape index (κ1) is 14.0. The van der Waals surface area contributed by atoms with Gasteiger partial charge in [-0.05, 0) is 19.1 Å². The van der Waals surface area contributed by atoms with Crippen molar-refractivity contribution in [1.29, 1.82) is 0 Å². The Hall–Kier alpha value is -2.37. The zero-order valence-corrected chi connectivity index (χ0v) is 11.4. The predicted molar refractivity (Wildman–Crippen MR) is 76.7 cm³/mol. The van der Waals surface area contributed by atoms with Gasteiger partial charge in [-0.3, -0.25) is 14.9 Å². The van der Waals surface area contributed by atoms with Gasteiger partial charge in [0.05, 0.1) is 4.92 Å². The Bertz CT molecular complexity index is 534. The molecule has 1 fully saturated rings. The fourth-order valence-electron chi connectivity index (χ4n) is 2.24. The van der Waals surface area contributed by atoms with E-state index in [2.05, 4.69) is 4.90 Å². The van der Waals surface area contributed by atoms with Crippen LogP contribution >= 0.6 is 0 Å². The van der Waals surface area contributed by atoms with Crippen molar-refractivity contribution in [2.75, 3.05) is 31.1 Å². The van der Waals surface area contributed by atoms with E-state index in [4.69, 9.17) is 0 Å². The molecule has 0 atom stereocenters. The molecule has 2 rings (SSSR count). The number of nitro groups is 1. The summed E-state index contributed by atoms with van der Waals surface area (Å²) in [7, 11) is 0. The van der Waals surface area contributed by atoms with Crippen LogP contribution in [0.3, 0.4) is 0 Å². The molecule has 1 aliphatic rings. The minimum Gasteiger partial charge on any atom is -0.368 e. The molecule has 1 aliphatic heterocycles. The third-order valence-electron chi connectivity index (χ3n) is 3.31. The SMILES string of the molecule is C/C=C/C(=O)N1CCN(c2cccc([N+](=O)[O-])c2)CC1. The highest BCUT2D eigenvalue weighted by Gasteiger charge is 2.20. The number of benzene rings is 1. The summed E-state index contributed by atoms with van der Waals surface area (Å²) in [5.41, 5.74) is 0.923. The first-order valence-corrected chi connectivity index (χ1v) is 6.53.